The fourth-order valence-electron chi connectivity index (χ4n) is 1.85. The van der Waals surface area contributed by atoms with Gasteiger partial charge >= 0.3 is 0 Å². The highest BCUT2D eigenvalue weighted by molar-refractivity contribution is 6.30. The number of carbonyl (C=O) groups is 1. The number of hydrogen-bond donors (Lipinski definition) is 1. The maximum Gasteiger partial charge on any atom is 0.257 e. The SMILES string of the molecule is CC(C)N(Cc1cccc(Cl)c1)C(=O)c1cn[nH]c1. The number of rotatable bonds is 4. The van der Waals surface area contributed by atoms with Crippen molar-refractivity contribution >= 4 is 17.5 Å². The lowest BCUT2D eigenvalue weighted by molar-refractivity contribution is 0.0690. The monoisotopic (exact) mass is 277 g/mol. The van der Waals surface area contributed by atoms with Crippen molar-refractivity contribution in [1.82, 2.24) is 15.1 Å². The van der Waals surface area contributed by atoms with Gasteiger partial charge in [0.25, 0.3) is 5.91 Å². The number of amides is 1. The third kappa shape index (κ3) is 3.35. The van der Waals surface area contributed by atoms with Crippen LogP contribution in [0.4, 0.5) is 0 Å². The standard InChI is InChI=1S/C14H16ClN3O/c1-10(2)18(14(19)12-7-16-17-8-12)9-11-4-3-5-13(15)6-11/h3-8,10H,9H2,1-2H3,(H,16,17). The minimum atomic E-state index is -0.0382. The van der Waals surface area contributed by atoms with Crippen molar-refractivity contribution in [1.29, 1.82) is 0 Å². The van der Waals surface area contributed by atoms with Gasteiger partial charge in [0, 0.05) is 23.8 Å². The van der Waals surface area contributed by atoms with Crippen LogP contribution in [0.15, 0.2) is 36.7 Å². The van der Waals surface area contributed by atoms with Crippen LogP contribution in [-0.4, -0.2) is 27.0 Å². The van der Waals surface area contributed by atoms with E-state index in [-0.39, 0.29) is 11.9 Å². The topological polar surface area (TPSA) is 49.0 Å². The van der Waals surface area contributed by atoms with Crippen molar-refractivity contribution in [2.75, 3.05) is 0 Å². The van der Waals surface area contributed by atoms with E-state index in [2.05, 4.69) is 10.2 Å². The molecule has 1 amide bonds. The summed E-state index contributed by atoms with van der Waals surface area (Å²) in [5.74, 6) is -0.0382. The molecule has 2 aromatic rings. The summed E-state index contributed by atoms with van der Waals surface area (Å²) in [4.78, 5) is 14.2. The molecule has 0 fully saturated rings. The average Bonchev–Trinajstić information content (AvgIpc) is 2.88. The third-order valence-corrected chi connectivity index (χ3v) is 3.11. The number of nitrogens with one attached hydrogen (secondary N) is 1. The highest BCUT2D eigenvalue weighted by atomic mass is 35.5. The number of aromatic nitrogens is 2. The van der Waals surface area contributed by atoms with E-state index >= 15 is 0 Å². The molecule has 0 saturated heterocycles. The van der Waals surface area contributed by atoms with Gasteiger partial charge in [0.1, 0.15) is 0 Å². The second-order valence-electron chi connectivity index (χ2n) is 4.64. The van der Waals surface area contributed by atoms with Crippen LogP contribution in [0.2, 0.25) is 5.02 Å². The molecule has 0 aliphatic heterocycles. The molecule has 1 heterocycles. The Morgan fingerprint density at radius 3 is 2.84 bits per heavy atom. The molecular weight excluding hydrogens is 262 g/mol. The molecule has 1 N–H and O–H groups in total. The summed E-state index contributed by atoms with van der Waals surface area (Å²) in [6, 6.07) is 7.64. The molecule has 0 bridgehead atoms. The zero-order valence-corrected chi connectivity index (χ0v) is 11.7. The normalized spacial score (nSPS) is 10.7. The Morgan fingerprint density at radius 2 is 2.26 bits per heavy atom. The first-order valence-electron chi connectivity index (χ1n) is 6.12. The number of benzene rings is 1. The molecule has 0 aliphatic rings. The Hall–Kier alpha value is -1.81. The van der Waals surface area contributed by atoms with Crippen molar-refractivity contribution in [3.63, 3.8) is 0 Å². The zero-order chi connectivity index (χ0) is 13.8. The molecule has 0 spiro atoms. The largest absolute Gasteiger partial charge is 0.332 e. The van der Waals surface area contributed by atoms with E-state index in [1.54, 1.807) is 11.1 Å². The van der Waals surface area contributed by atoms with Crippen LogP contribution in [0.3, 0.4) is 0 Å². The molecule has 19 heavy (non-hydrogen) atoms. The van der Waals surface area contributed by atoms with Crippen LogP contribution in [0.25, 0.3) is 0 Å². The predicted molar refractivity (Wildman–Crippen MR) is 75.0 cm³/mol. The third-order valence-electron chi connectivity index (χ3n) is 2.87. The smallest absolute Gasteiger partial charge is 0.257 e. The molecular formula is C14H16ClN3O. The number of H-pyrrole nitrogens is 1. The van der Waals surface area contributed by atoms with Crippen molar-refractivity contribution in [3.8, 4) is 0 Å². The molecule has 1 aromatic carbocycles. The Kier molecular flexibility index (Phi) is 4.22. The van der Waals surface area contributed by atoms with E-state index in [1.165, 1.54) is 6.20 Å². The highest BCUT2D eigenvalue weighted by Gasteiger charge is 2.19. The predicted octanol–water partition coefficient (Wildman–Crippen LogP) is 3.11. The Morgan fingerprint density at radius 1 is 1.47 bits per heavy atom. The van der Waals surface area contributed by atoms with Gasteiger partial charge in [-0.15, -0.1) is 0 Å². The van der Waals surface area contributed by atoms with Crippen molar-refractivity contribution in [2.45, 2.75) is 26.4 Å². The maximum absolute atomic E-state index is 12.4. The van der Waals surface area contributed by atoms with Crippen LogP contribution in [0, 0.1) is 0 Å². The number of nitrogens with zero attached hydrogens (tertiary/aromatic N) is 2. The molecule has 2 rings (SSSR count). The zero-order valence-electron chi connectivity index (χ0n) is 10.9. The summed E-state index contributed by atoms with van der Waals surface area (Å²) in [7, 11) is 0. The Bertz CT molecular complexity index is 552. The lowest BCUT2D eigenvalue weighted by Crippen LogP contribution is -2.36. The first-order chi connectivity index (χ1) is 9.08. The van der Waals surface area contributed by atoms with Crippen molar-refractivity contribution in [2.24, 2.45) is 0 Å². The van der Waals surface area contributed by atoms with Gasteiger partial charge in [-0.1, -0.05) is 23.7 Å². The van der Waals surface area contributed by atoms with Crippen molar-refractivity contribution < 1.29 is 4.79 Å². The van der Waals surface area contributed by atoms with Crippen LogP contribution >= 0.6 is 11.6 Å². The van der Waals surface area contributed by atoms with Crippen LogP contribution < -0.4 is 0 Å². The van der Waals surface area contributed by atoms with Crippen LogP contribution in [0.5, 0.6) is 0 Å². The first kappa shape index (κ1) is 13.6. The molecule has 1 aromatic heterocycles. The quantitative estimate of drug-likeness (QED) is 0.933. The van der Waals surface area contributed by atoms with Gasteiger partial charge in [-0.2, -0.15) is 5.10 Å². The summed E-state index contributed by atoms with van der Waals surface area (Å²) in [5.41, 5.74) is 1.58. The van der Waals surface area contributed by atoms with Gasteiger partial charge in [-0.3, -0.25) is 9.89 Å². The van der Waals surface area contributed by atoms with E-state index in [9.17, 15) is 4.79 Å². The van der Waals surface area contributed by atoms with E-state index < -0.39 is 0 Å². The minimum Gasteiger partial charge on any atom is -0.332 e. The molecule has 100 valence electrons. The lowest BCUT2D eigenvalue weighted by atomic mass is 10.1. The summed E-state index contributed by atoms with van der Waals surface area (Å²) >= 11 is 5.97. The molecule has 5 heteroatoms. The van der Waals surface area contributed by atoms with Gasteiger partial charge in [0.05, 0.1) is 11.8 Å². The van der Waals surface area contributed by atoms with Gasteiger partial charge in [0.2, 0.25) is 0 Å². The second-order valence-corrected chi connectivity index (χ2v) is 5.08. The minimum absolute atomic E-state index is 0.0382. The molecule has 4 nitrogen and oxygen atoms in total. The van der Waals surface area contributed by atoms with Gasteiger partial charge < -0.3 is 4.90 Å². The first-order valence-corrected chi connectivity index (χ1v) is 6.50. The lowest BCUT2D eigenvalue weighted by Gasteiger charge is -2.26. The van der Waals surface area contributed by atoms with Crippen molar-refractivity contribution in [3.05, 3.63) is 52.8 Å². The summed E-state index contributed by atoms with van der Waals surface area (Å²) in [6.45, 7) is 4.51. The van der Waals surface area contributed by atoms with Gasteiger partial charge in [-0.25, -0.2) is 0 Å². The van der Waals surface area contributed by atoms with E-state index in [1.807, 2.05) is 38.1 Å². The van der Waals surface area contributed by atoms with Crippen LogP contribution in [0.1, 0.15) is 29.8 Å². The number of hydrogen-bond acceptors (Lipinski definition) is 2. The summed E-state index contributed by atoms with van der Waals surface area (Å²) in [5, 5.41) is 7.15. The Labute approximate surface area is 117 Å². The molecule has 0 unspecified atom stereocenters. The summed E-state index contributed by atoms with van der Waals surface area (Å²) < 4.78 is 0. The summed E-state index contributed by atoms with van der Waals surface area (Å²) in [6.07, 6.45) is 3.14. The van der Waals surface area contributed by atoms with E-state index in [0.29, 0.717) is 17.1 Å². The number of halogens is 1. The fourth-order valence-corrected chi connectivity index (χ4v) is 2.07. The van der Waals surface area contributed by atoms with Gasteiger partial charge in [-0.05, 0) is 31.5 Å². The van der Waals surface area contributed by atoms with E-state index in [4.69, 9.17) is 11.6 Å². The fraction of sp³-hybridized carbons (Fsp3) is 0.286. The molecule has 0 atom stereocenters. The maximum atomic E-state index is 12.4. The number of aromatic amines is 1. The molecule has 0 radical (unpaired) electrons. The average molecular weight is 278 g/mol. The van der Waals surface area contributed by atoms with E-state index in [0.717, 1.165) is 5.56 Å². The number of carbonyl (C=O) groups excluding carboxylic acids is 1. The highest BCUT2D eigenvalue weighted by Crippen LogP contribution is 2.16. The van der Waals surface area contributed by atoms with Crippen LogP contribution in [-0.2, 0) is 6.54 Å². The Balaban J connectivity index is 2.19. The second kappa shape index (κ2) is 5.89. The van der Waals surface area contributed by atoms with Gasteiger partial charge in [0.15, 0.2) is 0 Å². The molecule has 0 saturated carbocycles. The molecule has 0 aliphatic carbocycles.